The molecular formula is C19H22N2O2. The Morgan fingerprint density at radius 3 is 2.52 bits per heavy atom. The van der Waals surface area contributed by atoms with Crippen molar-refractivity contribution in [3.8, 4) is 5.75 Å². The lowest BCUT2D eigenvalue weighted by atomic mass is 10.0. The maximum Gasteiger partial charge on any atom is 0.258 e. The molecule has 1 aliphatic rings. The Hall–Kier alpha value is -2.49. The molecule has 0 saturated heterocycles. The van der Waals surface area contributed by atoms with E-state index in [1.165, 1.54) is 0 Å². The number of methoxy groups -OCH3 is 1. The summed E-state index contributed by atoms with van der Waals surface area (Å²) in [5.41, 5.74) is 2.67. The van der Waals surface area contributed by atoms with E-state index in [4.69, 9.17) is 4.74 Å². The molecule has 0 spiro atoms. The molecule has 2 atom stereocenters. The Kier molecular flexibility index (Phi) is 4.24. The van der Waals surface area contributed by atoms with Gasteiger partial charge < -0.3 is 15.0 Å². The third kappa shape index (κ3) is 2.77. The first-order chi connectivity index (χ1) is 11.2. The van der Waals surface area contributed by atoms with Crippen molar-refractivity contribution >= 4 is 11.6 Å². The molecule has 1 aliphatic heterocycles. The van der Waals surface area contributed by atoms with Gasteiger partial charge in [0.05, 0.1) is 12.7 Å². The van der Waals surface area contributed by atoms with E-state index in [0.717, 1.165) is 29.0 Å². The van der Waals surface area contributed by atoms with Crippen LogP contribution < -0.4 is 10.1 Å². The topological polar surface area (TPSA) is 41.6 Å². The second-order valence-corrected chi connectivity index (χ2v) is 5.84. The van der Waals surface area contributed by atoms with Gasteiger partial charge in [-0.25, -0.2) is 0 Å². The summed E-state index contributed by atoms with van der Waals surface area (Å²) in [6.45, 7) is 4.19. The lowest BCUT2D eigenvalue weighted by Gasteiger charge is -2.41. The normalized spacial score (nSPS) is 18.1. The molecule has 1 amide bonds. The molecule has 0 bridgehead atoms. The number of rotatable bonds is 4. The molecule has 0 unspecified atom stereocenters. The van der Waals surface area contributed by atoms with Crippen LogP contribution >= 0.6 is 0 Å². The summed E-state index contributed by atoms with van der Waals surface area (Å²) in [6, 6.07) is 15.7. The Morgan fingerprint density at radius 1 is 1.17 bits per heavy atom. The van der Waals surface area contributed by atoms with Crippen molar-refractivity contribution in [3.63, 3.8) is 0 Å². The van der Waals surface area contributed by atoms with Gasteiger partial charge in [0.25, 0.3) is 5.91 Å². The van der Waals surface area contributed by atoms with Crippen molar-refractivity contribution < 1.29 is 9.53 Å². The SMILES string of the molecule is CC[C@@H](C)N1C(=O)c2ccccc2N[C@H]1c1ccc(OC)cc1. The lowest BCUT2D eigenvalue weighted by molar-refractivity contribution is 0.0593. The zero-order chi connectivity index (χ0) is 16.4. The number of fused-ring (bicyclic) bond motifs is 1. The highest BCUT2D eigenvalue weighted by atomic mass is 16.5. The molecule has 0 fully saturated rings. The maximum absolute atomic E-state index is 13.0. The fraction of sp³-hybridized carbons (Fsp3) is 0.316. The smallest absolute Gasteiger partial charge is 0.258 e. The number of anilines is 1. The second kappa shape index (κ2) is 6.32. The van der Waals surface area contributed by atoms with Crippen molar-refractivity contribution in [1.82, 2.24) is 4.90 Å². The van der Waals surface area contributed by atoms with Crippen LogP contribution in [0.3, 0.4) is 0 Å². The lowest BCUT2D eigenvalue weighted by Crippen LogP contribution is -2.47. The van der Waals surface area contributed by atoms with Crippen LogP contribution in [0.15, 0.2) is 48.5 Å². The molecule has 4 heteroatoms. The molecule has 1 N–H and O–H groups in total. The van der Waals surface area contributed by atoms with Gasteiger partial charge in [-0.1, -0.05) is 31.2 Å². The minimum atomic E-state index is -0.168. The third-order valence-electron chi connectivity index (χ3n) is 4.46. The van der Waals surface area contributed by atoms with Crippen LogP contribution in [0.2, 0.25) is 0 Å². The van der Waals surface area contributed by atoms with Crippen LogP contribution in [-0.2, 0) is 0 Å². The first-order valence-corrected chi connectivity index (χ1v) is 7.98. The van der Waals surface area contributed by atoms with Gasteiger partial charge in [-0.15, -0.1) is 0 Å². The number of amides is 1. The monoisotopic (exact) mass is 310 g/mol. The van der Waals surface area contributed by atoms with E-state index in [2.05, 4.69) is 19.2 Å². The van der Waals surface area contributed by atoms with E-state index < -0.39 is 0 Å². The van der Waals surface area contributed by atoms with E-state index >= 15 is 0 Å². The molecule has 3 rings (SSSR count). The van der Waals surface area contributed by atoms with Gasteiger partial charge in [-0.2, -0.15) is 0 Å². The highest BCUT2D eigenvalue weighted by molar-refractivity contribution is 6.01. The van der Waals surface area contributed by atoms with E-state index in [1.807, 2.05) is 53.4 Å². The highest BCUT2D eigenvalue weighted by Gasteiger charge is 2.35. The first-order valence-electron chi connectivity index (χ1n) is 7.98. The molecule has 0 aromatic heterocycles. The summed E-state index contributed by atoms with van der Waals surface area (Å²) in [6.07, 6.45) is 0.737. The van der Waals surface area contributed by atoms with Crippen LogP contribution in [0.4, 0.5) is 5.69 Å². The molecule has 1 heterocycles. The summed E-state index contributed by atoms with van der Waals surface area (Å²) >= 11 is 0. The molecular weight excluding hydrogens is 288 g/mol. The Morgan fingerprint density at radius 2 is 1.87 bits per heavy atom. The summed E-state index contributed by atoms with van der Waals surface area (Å²) in [4.78, 5) is 14.9. The van der Waals surface area contributed by atoms with Crippen molar-refractivity contribution in [2.75, 3.05) is 12.4 Å². The number of hydrogen-bond donors (Lipinski definition) is 1. The zero-order valence-corrected chi connectivity index (χ0v) is 13.7. The number of benzene rings is 2. The fourth-order valence-electron chi connectivity index (χ4n) is 2.95. The van der Waals surface area contributed by atoms with E-state index in [0.29, 0.717) is 0 Å². The van der Waals surface area contributed by atoms with E-state index in [1.54, 1.807) is 7.11 Å². The second-order valence-electron chi connectivity index (χ2n) is 5.84. The minimum absolute atomic E-state index is 0.0783. The Bertz CT molecular complexity index is 697. The molecule has 0 radical (unpaired) electrons. The van der Waals surface area contributed by atoms with Gasteiger partial charge in [0, 0.05) is 11.7 Å². The predicted octanol–water partition coefficient (Wildman–Crippen LogP) is 4.06. The number of carbonyl (C=O) groups is 1. The molecule has 4 nitrogen and oxygen atoms in total. The average Bonchev–Trinajstić information content (AvgIpc) is 2.61. The van der Waals surface area contributed by atoms with Crippen molar-refractivity contribution in [2.24, 2.45) is 0 Å². The fourth-order valence-corrected chi connectivity index (χ4v) is 2.95. The number of para-hydroxylation sites is 1. The van der Waals surface area contributed by atoms with Crippen LogP contribution in [0.1, 0.15) is 42.4 Å². The summed E-state index contributed by atoms with van der Waals surface area (Å²) in [5.74, 6) is 0.890. The maximum atomic E-state index is 13.0. The number of nitrogens with one attached hydrogen (secondary N) is 1. The molecule has 0 aliphatic carbocycles. The van der Waals surface area contributed by atoms with Gasteiger partial charge >= 0.3 is 0 Å². The predicted molar refractivity (Wildman–Crippen MR) is 91.7 cm³/mol. The summed E-state index contributed by atoms with van der Waals surface area (Å²) in [5, 5.41) is 3.51. The van der Waals surface area contributed by atoms with Gasteiger partial charge in [-0.05, 0) is 43.2 Å². The molecule has 2 aromatic rings. The first kappa shape index (κ1) is 15.4. The van der Waals surface area contributed by atoms with Crippen LogP contribution in [0, 0.1) is 0 Å². The largest absolute Gasteiger partial charge is 0.497 e. The Balaban J connectivity index is 2.03. The summed E-state index contributed by atoms with van der Waals surface area (Å²) in [7, 11) is 1.65. The average molecular weight is 310 g/mol. The van der Waals surface area contributed by atoms with Gasteiger partial charge in [0.2, 0.25) is 0 Å². The van der Waals surface area contributed by atoms with E-state index in [9.17, 15) is 4.79 Å². The molecule has 0 saturated carbocycles. The van der Waals surface area contributed by atoms with E-state index in [-0.39, 0.29) is 18.1 Å². The van der Waals surface area contributed by atoms with Crippen molar-refractivity contribution in [3.05, 3.63) is 59.7 Å². The van der Waals surface area contributed by atoms with Gasteiger partial charge in [0.15, 0.2) is 0 Å². The molecule has 23 heavy (non-hydrogen) atoms. The number of ether oxygens (including phenoxy) is 1. The highest BCUT2D eigenvalue weighted by Crippen LogP contribution is 2.35. The number of nitrogens with zero attached hydrogens (tertiary/aromatic N) is 1. The number of carbonyl (C=O) groups excluding carboxylic acids is 1. The quantitative estimate of drug-likeness (QED) is 0.926. The summed E-state index contributed by atoms with van der Waals surface area (Å²) < 4.78 is 5.23. The van der Waals surface area contributed by atoms with Crippen LogP contribution in [0.5, 0.6) is 5.75 Å². The van der Waals surface area contributed by atoms with Gasteiger partial charge in [-0.3, -0.25) is 4.79 Å². The van der Waals surface area contributed by atoms with Crippen molar-refractivity contribution in [2.45, 2.75) is 32.5 Å². The van der Waals surface area contributed by atoms with Crippen molar-refractivity contribution in [1.29, 1.82) is 0 Å². The van der Waals surface area contributed by atoms with Gasteiger partial charge in [0.1, 0.15) is 11.9 Å². The Labute approximate surface area is 137 Å². The number of hydrogen-bond acceptors (Lipinski definition) is 3. The molecule has 120 valence electrons. The van der Waals surface area contributed by atoms with Crippen LogP contribution in [0.25, 0.3) is 0 Å². The third-order valence-corrected chi connectivity index (χ3v) is 4.46. The minimum Gasteiger partial charge on any atom is -0.497 e. The standard InChI is InChI=1S/C19H22N2O2/c1-4-13(2)21-18(14-9-11-15(23-3)12-10-14)20-17-8-6-5-7-16(17)19(21)22/h5-13,18,20H,4H2,1-3H3/t13-,18-/m1/s1. The zero-order valence-electron chi connectivity index (χ0n) is 13.7. The molecule has 2 aromatic carbocycles. The van der Waals surface area contributed by atoms with Crippen LogP contribution in [-0.4, -0.2) is 24.0 Å².